The van der Waals surface area contributed by atoms with E-state index < -0.39 is 6.36 Å². The Hall–Kier alpha value is -2.70. The zero-order valence-electron chi connectivity index (χ0n) is 12.8. The first-order valence-electron chi connectivity index (χ1n) is 7.14. The largest absolute Gasteiger partial charge is 0.573 e. The van der Waals surface area contributed by atoms with Crippen molar-refractivity contribution in [1.29, 1.82) is 0 Å². The summed E-state index contributed by atoms with van der Waals surface area (Å²) < 4.78 is 50.4. The minimum absolute atomic E-state index is 0.164. The first-order chi connectivity index (χ1) is 11.4. The minimum atomic E-state index is -4.73. The Balaban J connectivity index is 1.95. The van der Waals surface area contributed by atoms with Crippen LogP contribution < -0.4 is 9.47 Å². The maximum absolute atomic E-state index is 12.1. The van der Waals surface area contributed by atoms with Crippen molar-refractivity contribution < 1.29 is 32.2 Å². The van der Waals surface area contributed by atoms with Gasteiger partial charge in [-0.05, 0) is 48.9 Å². The Kier molecular flexibility index (Phi) is 5.68. The average Bonchev–Trinajstić information content (AvgIpc) is 2.50. The highest BCUT2D eigenvalue weighted by Crippen LogP contribution is 2.27. The Morgan fingerprint density at radius 2 is 1.42 bits per heavy atom. The number of halogens is 3. The van der Waals surface area contributed by atoms with Crippen LogP contribution in [0, 0.1) is 0 Å². The summed E-state index contributed by atoms with van der Waals surface area (Å²) in [4.78, 5) is 11.4. The molecule has 0 N–H and O–H groups in total. The Morgan fingerprint density at radius 1 is 0.917 bits per heavy atom. The van der Waals surface area contributed by atoms with Gasteiger partial charge in [0.1, 0.15) is 17.2 Å². The van der Waals surface area contributed by atoms with Crippen molar-refractivity contribution in [3.63, 3.8) is 0 Å². The molecule has 0 saturated heterocycles. The normalized spacial score (nSPS) is 11.0. The first kappa shape index (κ1) is 17.7. The van der Waals surface area contributed by atoms with Crippen LogP contribution in [0.25, 0.3) is 0 Å². The lowest BCUT2D eigenvalue weighted by atomic mass is 10.1. The van der Waals surface area contributed by atoms with Gasteiger partial charge in [0.25, 0.3) is 0 Å². The third-order valence-electron chi connectivity index (χ3n) is 2.87. The van der Waals surface area contributed by atoms with E-state index in [1.807, 2.05) is 0 Å². The van der Waals surface area contributed by atoms with Crippen molar-refractivity contribution in [2.75, 3.05) is 6.61 Å². The van der Waals surface area contributed by atoms with Crippen LogP contribution in [-0.2, 0) is 16.0 Å². The number of esters is 1. The topological polar surface area (TPSA) is 44.8 Å². The molecule has 0 atom stereocenters. The fourth-order valence-electron chi connectivity index (χ4n) is 1.90. The molecular weight excluding hydrogens is 325 g/mol. The van der Waals surface area contributed by atoms with Crippen molar-refractivity contribution in [3.8, 4) is 17.2 Å². The van der Waals surface area contributed by atoms with Gasteiger partial charge in [-0.2, -0.15) is 0 Å². The monoisotopic (exact) mass is 340 g/mol. The SMILES string of the molecule is CCOC(=O)Cc1ccc(Oc2ccc(OC(F)(F)F)cc2)cc1. The molecule has 4 nitrogen and oxygen atoms in total. The number of hydrogen-bond acceptors (Lipinski definition) is 4. The Morgan fingerprint density at radius 3 is 1.92 bits per heavy atom. The lowest BCUT2D eigenvalue weighted by Gasteiger charge is -2.10. The number of alkyl halides is 3. The fourth-order valence-corrected chi connectivity index (χ4v) is 1.90. The van der Waals surface area contributed by atoms with Gasteiger partial charge < -0.3 is 14.2 Å². The van der Waals surface area contributed by atoms with E-state index in [2.05, 4.69) is 4.74 Å². The number of carbonyl (C=O) groups is 1. The summed E-state index contributed by atoms with van der Waals surface area (Å²) in [7, 11) is 0. The van der Waals surface area contributed by atoms with E-state index in [0.717, 1.165) is 17.7 Å². The zero-order valence-corrected chi connectivity index (χ0v) is 12.8. The van der Waals surface area contributed by atoms with Crippen molar-refractivity contribution >= 4 is 5.97 Å². The molecule has 24 heavy (non-hydrogen) atoms. The summed E-state index contributed by atoms with van der Waals surface area (Å²) in [6, 6.07) is 11.8. The standard InChI is InChI=1S/C17H15F3O4/c1-2-22-16(21)11-12-3-5-13(6-4-12)23-14-7-9-15(10-8-14)24-17(18,19)20/h3-10H,2,11H2,1H3. The van der Waals surface area contributed by atoms with E-state index in [4.69, 9.17) is 9.47 Å². The maximum Gasteiger partial charge on any atom is 0.573 e. The van der Waals surface area contributed by atoms with Crippen LogP contribution >= 0.6 is 0 Å². The minimum Gasteiger partial charge on any atom is -0.466 e. The summed E-state index contributed by atoms with van der Waals surface area (Å²) in [5.74, 6) is 0.223. The predicted molar refractivity (Wildman–Crippen MR) is 80.0 cm³/mol. The molecule has 0 aliphatic heterocycles. The van der Waals surface area contributed by atoms with Gasteiger partial charge in [-0.3, -0.25) is 4.79 Å². The highest BCUT2D eigenvalue weighted by Gasteiger charge is 2.30. The third kappa shape index (κ3) is 5.83. The van der Waals surface area contributed by atoms with Gasteiger partial charge in [0, 0.05) is 0 Å². The molecule has 2 rings (SSSR count). The van der Waals surface area contributed by atoms with Gasteiger partial charge in [-0.15, -0.1) is 13.2 Å². The van der Waals surface area contributed by atoms with Crippen LogP contribution in [0.1, 0.15) is 12.5 Å². The van der Waals surface area contributed by atoms with Gasteiger partial charge in [0.15, 0.2) is 0 Å². The molecule has 2 aromatic rings. The molecular formula is C17H15F3O4. The zero-order chi connectivity index (χ0) is 17.6. The number of benzene rings is 2. The van der Waals surface area contributed by atoms with Crippen molar-refractivity contribution in [2.45, 2.75) is 19.7 Å². The molecule has 0 amide bonds. The van der Waals surface area contributed by atoms with Crippen LogP contribution in [0.2, 0.25) is 0 Å². The van der Waals surface area contributed by atoms with E-state index in [0.29, 0.717) is 18.1 Å². The highest BCUT2D eigenvalue weighted by molar-refractivity contribution is 5.72. The number of carbonyl (C=O) groups excluding carboxylic acids is 1. The molecule has 0 aromatic heterocycles. The second-order valence-corrected chi connectivity index (χ2v) is 4.75. The number of rotatable bonds is 6. The molecule has 0 saturated carbocycles. The van der Waals surface area contributed by atoms with Crippen LogP contribution in [0.3, 0.4) is 0 Å². The lowest BCUT2D eigenvalue weighted by Crippen LogP contribution is -2.16. The quantitative estimate of drug-likeness (QED) is 0.727. The lowest BCUT2D eigenvalue weighted by molar-refractivity contribution is -0.274. The summed E-state index contributed by atoms with van der Waals surface area (Å²) >= 11 is 0. The summed E-state index contributed by atoms with van der Waals surface area (Å²) in [5, 5.41) is 0. The van der Waals surface area contributed by atoms with Crippen LogP contribution in [0.4, 0.5) is 13.2 Å². The predicted octanol–water partition coefficient (Wildman–Crippen LogP) is 4.48. The molecule has 0 aliphatic carbocycles. The smallest absolute Gasteiger partial charge is 0.466 e. The van der Waals surface area contributed by atoms with Crippen molar-refractivity contribution in [1.82, 2.24) is 0 Å². The molecule has 0 bridgehead atoms. The van der Waals surface area contributed by atoms with E-state index in [9.17, 15) is 18.0 Å². The summed E-state index contributed by atoms with van der Waals surface area (Å²) in [6.45, 7) is 2.06. The van der Waals surface area contributed by atoms with E-state index >= 15 is 0 Å². The average molecular weight is 340 g/mol. The highest BCUT2D eigenvalue weighted by atomic mass is 19.4. The fraction of sp³-hybridized carbons (Fsp3) is 0.235. The molecule has 0 spiro atoms. The summed E-state index contributed by atoms with van der Waals surface area (Å²) in [5.41, 5.74) is 0.773. The van der Waals surface area contributed by atoms with Gasteiger partial charge in [0.05, 0.1) is 13.0 Å². The van der Waals surface area contributed by atoms with E-state index in [1.165, 1.54) is 12.1 Å². The number of ether oxygens (including phenoxy) is 3. The molecule has 7 heteroatoms. The third-order valence-corrected chi connectivity index (χ3v) is 2.87. The van der Waals surface area contributed by atoms with Gasteiger partial charge in [-0.25, -0.2) is 0 Å². The second-order valence-electron chi connectivity index (χ2n) is 4.75. The van der Waals surface area contributed by atoms with Gasteiger partial charge in [-0.1, -0.05) is 12.1 Å². The van der Waals surface area contributed by atoms with E-state index in [1.54, 1.807) is 31.2 Å². The Labute approximate surface area is 136 Å². The molecule has 128 valence electrons. The molecule has 2 aromatic carbocycles. The maximum atomic E-state index is 12.1. The first-order valence-corrected chi connectivity index (χ1v) is 7.14. The van der Waals surface area contributed by atoms with Gasteiger partial charge >= 0.3 is 12.3 Å². The van der Waals surface area contributed by atoms with Crippen molar-refractivity contribution in [2.24, 2.45) is 0 Å². The van der Waals surface area contributed by atoms with Crippen molar-refractivity contribution in [3.05, 3.63) is 54.1 Å². The molecule has 0 radical (unpaired) electrons. The van der Waals surface area contributed by atoms with Crippen LogP contribution in [0.5, 0.6) is 17.2 Å². The van der Waals surface area contributed by atoms with Gasteiger partial charge in [0.2, 0.25) is 0 Å². The number of hydrogen-bond donors (Lipinski definition) is 0. The summed E-state index contributed by atoms with van der Waals surface area (Å²) in [6.07, 6.45) is -4.56. The van der Waals surface area contributed by atoms with Crippen LogP contribution in [0.15, 0.2) is 48.5 Å². The molecule has 0 heterocycles. The molecule has 0 fully saturated rings. The molecule has 0 aliphatic rings. The van der Waals surface area contributed by atoms with E-state index in [-0.39, 0.29) is 18.1 Å². The second kappa shape index (κ2) is 7.72. The van der Waals surface area contributed by atoms with Crippen LogP contribution in [-0.4, -0.2) is 18.9 Å². The Bertz CT molecular complexity index is 664. The molecule has 0 unspecified atom stereocenters.